The molecule has 3 atom stereocenters. The summed E-state index contributed by atoms with van der Waals surface area (Å²) in [6, 6.07) is 0. The number of carbonyl (C=O) groups excluding carboxylic acids is 3. The summed E-state index contributed by atoms with van der Waals surface area (Å²) in [6.07, 6.45) is 0.478. The van der Waals surface area contributed by atoms with Gasteiger partial charge >= 0.3 is 17.9 Å². The summed E-state index contributed by atoms with van der Waals surface area (Å²) in [7, 11) is 1.31. The number of hydrogen-bond acceptors (Lipinski definition) is 6. The molecule has 1 aliphatic rings. The first kappa shape index (κ1) is 17.9. The lowest BCUT2D eigenvalue weighted by Gasteiger charge is -2.33. The van der Waals surface area contributed by atoms with Gasteiger partial charge in [-0.3, -0.25) is 14.4 Å². The van der Waals surface area contributed by atoms with Crippen molar-refractivity contribution in [2.45, 2.75) is 31.5 Å². The average Bonchev–Trinajstić information content (AvgIpc) is 2.46. The van der Waals surface area contributed by atoms with E-state index in [4.69, 9.17) is 14.2 Å². The molecule has 3 unspecified atom stereocenters. The summed E-state index contributed by atoms with van der Waals surface area (Å²) < 4.78 is 15.7. The molecular formula is C12H16I2O6. The molecule has 1 fully saturated rings. The minimum absolute atomic E-state index is 0.209. The van der Waals surface area contributed by atoms with Gasteiger partial charge in [0.2, 0.25) is 0 Å². The van der Waals surface area contributed by atoms with Crippen molar-refractivity contribution in [3.05, 3.63) is 0 Å². The zero-order chi connectivity index (χ0) is 15.1. The molecule has 0 radical (unpaired) electrons. The zero-order valence-electron chi connectivity index (χ0n) is 11.0. The van der Waals surface area contributed by atoms with Crippen LogP contribution in [0.3, 0.4) is 0 Å². The second kappa shape index (κ2) is 9.00. The van der Waals surface area contributed by atoms with Crippen molar-refractivity contribution in [2.75, 3.05) is 16.0 Å². The van der Waals surface area contributed by atoms with Gasteiger partial charge in [-0.05, 0) is 12.8 Å². The molecule has 6 nitrogen and oxygen atoms in total. The van der Waals surface area contributed by atoms with Gasteiger partial charge in [0.25, 0.3) is 0 Å². The fraction of sp³-hybridized carbons (Fsp3) is 0.750. The topological polar surface area (TPSA) is 78.9 Å². The number of esters is 3. The van der Waals surface area contributed by atoms with Crippen LogP contribution in [0.4, 0.5) is 0 Å². The molecule has 0 heterocycles. The lowest BCUT2D eigenvalue weighted by molar-refractivity contribution is -0.167. The summed E-state index contributed by atoms with van der Waals surface area (Å²) >= 11 is 3.82. The highest BCUT2D eigenvalue weighted by Crippen LogP contribution is 2.30. The Morgan fingerprint density at radius 2 is 1.65 bits per heavy atom. The first-order valence-electron chi connectivity index (χ1n) is 6.10. The highest BCUT2D eigenvalue weighted by molar-refractivity contribution is 14.1. The third-order valence-electron chi connectivity index (χ3n) is 3.05. The Morgan fingerprint density at radius 3 is 2.20 bits per heavy atom. The number of halogens is 2. The second-order valence-corrected chi connectivity index (χ2v) is 5.88. The normalized spacial score (nSPS) is 25.6. The van der Waals surface area contributed by atoms with E-state index in [1.54, 1.807) is 0 Å². The Morgan fingerprint density at radius 1 is 1.05 bits per heavy atom. The van der Waals surface area contributed by atoms with Crippen molar-refractivity contribution >= 4 is 63.1 Å². The van der Waals surface area contributed by atoms with Crippen molar-refractivity contribution < 1.29 is 28.6 Å². The predicted octanol–water partition coefficient (Wildman–Crippen LogP) is 1.65. The standard InChI is InChI=1S/C12H16I2O6/c1-18-12(17)8-3-2-7(19-10(15)5-13)4-9(8)20-11(16)6-14/h7-9H,2-6H2,1H3. The fourth-order valence-electron chi connectivity index (χ4n) is 2.17. The molecule has 0 N–H and O–H groups in total. The van der Waals surface area contributed by atoms with Gasteiger partial charge in [-0.2, -0.15) is 0 Å². The van der Waals surface area contributed by atoms with Crippen LogP contribution in [0.25, 0.3) is 0 Å². The third-order valence-corrected chi connectivity index (χ3v) is 4.29. The quantitative estimate of drug-likeness (QED) is 0.243. The van der Waals surface area contributed by atoms with Gasteiger partial charge in [0.1, 0.15) is 12.2 Å². The highest BCUT2D eigenvalue weighted by Gasteiger charge is 2.39. The Bertz CT molecular complexity index is 373. The number of alkyl halides is 2. The average molecular weight is 510 g/mol. The van der Waals surface area contributed by atoms with Crippen molar-refractivity contribution in [1.82, 2.24) is 0 Å². The summed E-state index contributed by atoms with van der Waals surface area (Å²) in [5.41, 5.74) is 0. The van der Waals surface area contributed by atoms with E-state index in [1.807, 2.05) is 45.2 Å². The van der Waals surface area contributed by atoms with Crippen LogP contribution in [0.5, 0.6) is 0 Å². The number of rotatable bonds is 5. The molecular weight excluding hydrogens is 494 g/mol. The van der Waals surface area contributed by atoms with Gasteiger partial charge < -0.3 is 14.2 Å². The molecule has 0 aromatic heterocycles. The van der Waals surface area contributed by atoms with E-state index in [9.17, 15) is 14.4 Å². The number of ether oxygens (including phenoxy) is 3. The van der Waals surface area contributed by atoms with Gasteiger partial charge in [-0.1, -0.05) is 45.2 Å². The lowest BCUT2D eigenvalue weighted by Crippen LogP contribution is -2.42. The third kappa shape index (κ3) is 5.34. The van der Waals surface area contributed by atoms with E-state index in [1.165, 1.54) is 7.11 Å². The maximum Gasteiger partial charge on any atom is 0.316 e. The van der Waals surface area contributed by atoms with Crippen LogP contribution in [-0.4, -0.2) is 46.1 Å². The lowest BCUT2D eigenvalue weighted by atomic mass is 9.84. The monoisotopic (exact) mass is 510 g/mol. The summed E-state index contributed by atoms with van der Waals surface area (Å²) in [4.78, 5) is 34.4. The Hall–Kier alpha value is -0.130. The zero-order valence-corrected chi connectivity index (χ0v) is 15.3. The molecule has 0 aromatic rings. The number of carbonyl (C=O) groups is 3. The van der Waals surface area contributed by atoms with E-state index in [-0.39, 0.29) is 26.9 Å². The molecule has 0 bridgehead atoms. The van der Waals surface area contributed by atoms with Crippen LogP contribution in [0, 0.1) is 5.92 Å². The molecule has 1 saturated carbocycles. The molecule has 0 saturated heterocycles. The molecule has 8 heteroatoms. The van der Waals surface area contributed by atoms with E-state index in [0.29, 0.717) is 19.3 Å². The van der Waals surface area contributed by atoms with Gasteiger partial charge in [-0.25, -0.2) is 0 Å². The summed E-state index contributed by atoms with van der Waals surface area (Å²) in [5, 5.41) is 0. The molecule has 0 amide bonds. The molecule has 1 aliphatic carbocycles. The van der Waals surface area contributed by atoms with Crippen LogP contribution in [-0.2, 0) is 28.6 Å². The molecule has 20 heavy (non-hydrogen) atoms. The van der Waals surface area contributed by atoms with Crippen LogP contribution >= 0.6 is 45.2 Å². The Balaban J connectivity index is 2.69. The van der Waals surface area contributed by atoms with Crippen molar-refractivity contribution in [1.29, 1.82) is 0 Å². The van der Waals surface area contributed by atoms with E-state index in [2.05, 4.69) is 0 Å². The van der Waals surface area contributed by atoms with Gasteiger partial charge in [0.15, 0.2) is 0 Å². The van der Waals surface area contributed by atoms with Gasteiger partial charge in [0, 0.05) is 6.42 Å². The molecule has 1 rings (SSSR count). The van der Waals surface area contributed by atoms with Crippen molar-refractivity contribution in [3.8, 4) is 0 Å². The largest absolute Gasteiger partial charge is 0.469 e. The van der Waals surface area contributed by atoms with E-state index >= 15 is 0 Å². The minimum atomic E-state index is -0.592. The van der Waals surface area contributed by atoms with Crippen LogP contribution in [0.15, 0.2) is 0 Å². The molecule has 0 spiro atoms. The van der Waals surface area contributed by atoms with Crippen LogP contribution in [0.2, 0.25) is 0 Å². The van der Waals surface area contributed by atoms with Gasteiger partial charge in [0.05, 0.1) is 21.9 Å². The van der Waals surface area contributed by atoms with Gasteiger partial charge in [-0.15, -0.1) is 0 Å². The maximum absolute atomic E-state index is 11.7. The Labute approximate surface area is 144 Å². The highest BCUT2D eigenvalue weighted by atomic mass is 127. The first-order chi connectivity index (χ1) is 9.51. The Kier molecular flexibility index (Phi) is 8.07. The summed E-state index contributed by atoms with van der Waals surface area (Å²) in [5.74, 6) is -1.56. The SMILES string of the molecule is COC(=O)C1CCC(OC(=O)CI)CC1OC(=O)CI. The van der Waals surface area contributed by atoms with Crippen molar-refractivity contribution in [3.63, 3.8) is 0 Å². The number of methoxy groups -OCH3 is 1. The predicted molar refractivity (Wildman–Crippen MR) is 86.9 cm³/mol. The van der Waals surface area contributed by atoms with Crippen molar-refractivity contribution in [2.24, 2.45) is 5.92 Å². The number of hydrogen-bond donors (Lipinski definition) is 0. The molecule has 0 aliphatic heterocycles. The summed E-state index contributed by atoms with van der Waals surface area (Å²) in [6.45, 7) is 0. The molecule has 0 aromatic carbocycles. The smallest absolute Gasteiger partial charge is 0.316 e. The first-order valence-corrected chi connectivity index (χ1v) is 9.15. The molecule has 114 valence electrons. The van der Waals surface area contributed by atoms with Crippen LogP contribution < -0.4 is 0 Å². The minimum Gasteiger partial charge on any atom is -0.469 e. The van der Waals surface area contributed by atoms with E-state index < -0.39 is 18.0 Å². The van der Waals surface area contributed by atoms with E-state index in [0.717, 1.165) is 0 Å². The maximum atomic E-state index is 11.7. The second-order valence-electron chi connectivity index (χ2n) is 4.35. The fourth-order valence-corrected chi connectivity index (χ4v) is 2.53. The van der Waals surface area contributed by atoms with Crippen LogP contribution in [0.1, 0.15) is 19.3 Å².